The zero-order valence-electron chi connectivity index (χ0n) is 15.1. The number of hydrogen-bond donors (Lipinski definition) is 1. The van der Waals surface area contributed by atoms with E-state index in [4.69, 9.17) is 10.00 Å². The Morgan fingerprint density at radius 1 is 1.46 bits per heavy atom. The molecule has 1 amide bonds. The average Bonchev–Trinajstić information content (AvgIpc) is 3.09. The topological polar surface area (TPSA) is 78.2 Å². The summed E-state index contributed by atoms with van der Waals surface area (Å²) in [5.74, 6) is 0.774. The Kier molecular flexibility index (Phi) is 6.62. The van der Waals surface area contributed by atoms with Gasteiger partial charge in [0.1, 0.15) is 11.9 Å². The van der Waals surface area contributed by atoms with Crippen LogP contribution in [0.5, 0.6) is 5.75 Å². The van der Waals surface area contributed by atoms with Crippen molar-refractivity contribution in [2.75, 3.05) is 19.6 Å². The number of nitrogens with one attached hydrogen (secondary N) is 1. The molecule has 138 valence electrons. The molecule has 1 aliphatic heterocycles. The van der Waals surface area contributed by atoms with Gasteiger partial charge >= 0.3 is 0 Å². The molecule has 6 heteroatoms. The fraction of sp³-hybridized carbons (Fsp3) is 0.550. The fourth-order valence-corrected chi connectivity index (χ4v) is 3.51. The molecule has 0 aromatic carbocycles. The summed E-state index contributed by atoms with van der Waals surface area (Å²) in [5, 5.41) is 11.8. The molecule has 2 heterocycles. The normalized spacial score (nSPS) is 20.3. The van der Waals surface area contributed by atoms with Crippen LogP contribution >= 0.6 is 0 Å². The van der Waals surface area contributed by atoms with Crippen molar-refractivity contribution in [3.8, 4) is 11.8 Å². The van der Waals surface area contributed by atoms with Gasteiger partial charge in [-0.05, 0) is 38.2 Å². The second-order valence-electron chi connectivity index (χ2n) is 6.97. The highest BCUT2D eigenvalue weighted by Gasteiger charge is 2.24. The molecule has 0 bridgehead atoms. The number of allylic oxidation sites excluding steroid dienone is 1. The number of carbonyl (C=O) groups excluding carboxylic acids is 1. The van der Waals surface area contributed by atoms with Crippen LogP contribution in [0.1, 0.15) is 44.1 Å². The summed E-state index contributed by atoms with van der Waals surface area (Å²) < 4.78 is 6.09. The van der Waals surface area contributed by atoms with Crippen molar-refractivity contribution >= 4 is 5.91 Å². The maximum atomic E-state index is 12.2. The van der Waals surface area contributed by atoms with Gasteiger partial charge in [-0.25, -0.2) is 0 Å². The van der Waals surface area contributed by atoms with E-state index < -0.39 is 0 Å². The van der Waals surface area contributed by atoms with Crippen LogP contribution in [0, 0.1) is 11.3 Å². The number of hydrogen-bond acceptors (Lipinski definition) is 5. The van der Waals surface area contributed by atoms with Gasteiger partial charge in [-0.15, -0.1) is 0 Å². The van der Waals surface area contributed by atoms with Crippen LogP contribution in [-0.4, -0.2) is 41.5 Å². The predicted molar refractivity (Wildman–Crippen MR) is 98.3 cm³/mol. The van der Waals surface area contributed by atoms with Crippen LogP contribution < -0.4 is 10.1 Å². The number of pyridine rings is 1. The zero-order chi connectivity index (χ0) is 18.2. The molecule has 1 aliphatic carbocycles. The average molecular weight is 354 g/mol. The first-order valence-corrected chi connectivity index (χ1v) is 9.38. The number of nitrogens with zero attached hydrogens (tertiary/aromatic N) is 3. The molecule has 3 rings (SSSR count). The third kappa shape index (κ3) is 5.30. The van der Waals surface area contributed by atoms with E-state index in [-0.39, 0.29) is 12.0 Å². The summed E-state index contributed by atoms with van der Waals surface area (Å²) in [7, 11) is 0. The molecule has 26 heavy (non-hydrogen) atoms. The van der Waals surface area contributed by atoms with Crippen molar-refractivity contribution < 1.29 is 9.53 Å². The summed E-state index contributed by atoms with van der Waals surface area (Å²) in [6.07, 6.45) is 11.6. The highest BCUT2D eigenvalue weighted by Crippen LogP contribution is 2.22. The number of aromatic nitrogens is 1. The Labute approximate surface area is 154 Å². The van der Waals surface area contributed by atoms with E-state index in [2.05, 4.69) is 27.3 Å². The number of carbonyl (C=O) groups is 1. The third-order valence-corrected chi connectivity index (χ3v) is 4.94. The second-order valence-corrected chi connectivity index (χ2v) is 6.97. The smallest absolute Gasteiger partial charge is 0.224 e. The lowest BCUT2D eigenvalue weighted by molar-refractivity contribution is -0.120. The highest BCUT2D eigenvalue weighted by atomic mass is 16.5. The maximum Gasteiger partial charge on any atom is 0.224 e. The molecule has 0 saturated carbocycles. The van der Waals surface area contributed by atoms with Crippen LogP contribution in [0.15, 0.2) is 30.1 Å². The number of ether oxygens (including phenoxy) is 1. The SMILES string of the molecule is N#CCN1CC[C@H](Oc2cnccc2CNC(=O)CC2=CCCCC2)C1. The maximum absolute atomic E-state index is 12.2. The summed E-state index contributed by atoms with van der Waals surface area (Å²) in [6, 6.07) is 4.06. The Balaban J connectivity index is 1.51. The molecule has 1 aromatic rings. The summed E-state index contributed by atoms with van der Waals surface area (Å²) in [6.45, 7) is 2.51. The van der Waals surface area contributed by atoms with Gasteiger partial charge in [0, 0.05) is 37.8 Å². The number of nitriles is 1. The summed E-state index contributed by atoms with van der Waals surface area (Å²) in [4.78, 5) is 18.4. The highest BCUT2D eigenvalue weighted by molar-refractivity contribution is 5.78. The van der Waals surface area contributed by atoms with Gasteiger partial charge < -0.3 is 10.1 Å². The predicted octanol–water partition coefficient (Wildman–Crippen LogP) is 2.56. The van der Waals surface area contributed by atoms with Gasteiger partial charge in [-0.1, -0.05) is 11.6 Å². The Bertz CT molecular complexity index is 695. The second kappa shape index (κ2) is 9.35. The van der Waals surface area contributed by atoms with Crippen LogP contribution in [0.2, 0.25) is 0 Å². The fourth-order valence-electron chi connectivity index (χ4n) is 3.51. The Morgan fingerprint density at radius 2 is 2.38 bits per heavy atom. The number of rotatable bonds is 7. The number of amides is 1. The zero-order valence-corrected chi connectivity index (χ0v) is 15.1. The van der Waals surface area contributed by atoms with Gasteiger partial charge in [0.05, 0.1) is 18.8 Å². The minimum Gasteiger partial charge on any atom is -0.487 e. The lowest BCUT2D eigenvalue weighted by Crippen LogP contribution is -2.26. The Hall–Kier alpha value is -2.39. The van der Waals surface area contributed by atoms with E-state index >= 15 is 0 Å². The monoisotopic (exact) mass is 354 g/mol. The van der Waals surface area contributed by atoms with E-state index in [1.165, 1.54) is 18.4 Å². The minimum atomic E-state index is 0.0574. The molecule has 1 aromatic heterocycles. The van der Waals surface area contributed by atoms with Crippen LogP contribution in [0.3, 0.4) is 0 Å². The van der Waals surface area contributed by atoms with Gasteiger partial charge in [0.15, 0.2) is 0 Å². The summed E-state index contributed by atoms with van der Waals surface area (Å²) >= 11 is 0. The quantitative estimate of drug-likeness (QED) is 0.601. The van der Waals surface area contributed by atoms with E-state index in [1.807, 2.05) is 6.07 Å². The van der Waals surface area contributed by atoms with E-state index in [0.717, 1.165) is 37.9 Å². The molecule has 2 aliphatic rings. The van der Waals surface area contributed by atoms with Crippen molar-refractivity contribution in [2.45, 2.75) is 51.2 Å². The standard InChI is InChI=1S/C20H26N4O2/c21-8-11-24-10-7-18(15-24)26-19-14-22-9-6-17(19)13-23-20(25)12-16-4-2-1-3-5-16/h4,6,9,14,18H,1-3,5,7,10-13,15H2,(H,23,25)/t18-/m0/s1. The first-order valence-electron chi connectivity index (χ1n) is 9.38. The minimum absolute atomic E-state index is 0.0574. The van der Waals surface area contributed by atoms with E-state index in [1.54, 1.807) is 12.4 Å². The molecule has 1 N–H and O–H groups in total. The van der Waals surface area contributed by atoms with Crippen LogP contribution in [0.4, 0.5) is 0 Å². The van der Waals surface area contributed by atoms with Gasteiger partial charge in [0.25, 0.3) is 0 Å². The third-order valence-electron chi connectivity index (χ3n) is 4.94. The molecule has 1 fully saturated rings. The first-order chi connectivity index (χ1) is 12.7. The van der Waals surface area contributed by atoms with Crippen LogP contribution in [-0.2, 0) is 11.3 Å². The molecule has 6 nitrogen and oxygen atoms in total. The van der Waals surface area contributed by atoms with Crippen molar-refractivity contribution in [2.24, 2.45) is 0 Å². The van der Waals surface area contributed by atoms with E-state index in [0.29, 0.717) is 25.3 Å². The molecular weight excluding hydrogens is 328 g/mol. The first kappa shape index (κ1) is 18.4. The van der Waals surface area contributed by atoms with Crippen molar-refractivity contribution in [1.82, 2.24) is 15.2 Å². The molecular formula is C20H26N4O2. The van der Waals surface area contributed by atoms with Gasteiger partial charge in [-0.2, -0.15) is 5.26 Å². The molecule has 1 saturated heterocycles. The molecule has 1 atom stereocenters. The Morgan fingerprint density at radius 3 is 3.19 bits per heavy atom. The van der Waals surface area contributed by atoms with Gasteiger partial charge in [0.2, 0.25) is 5.91 Å². The van der Waals surface area contributed by atoms with Crippen LogP contribution in [0.25, 0.3) is 0 Å². The van der Waals surface area contributed by atoms with E-state index in [9.17, 15) is 4.79 Å². The van der Waals surface area contributed by atoms with Crippen molar-refractivity contribution in [1.29, 1.82) is 5.26 Å². The molecule has 0 radical (unpaired) electrons. The summed E-state index contributed by atoms with van der Waals surface area (Å²) in [5.41, 5.74) is 2.19. The molecule has 0 unspecified atom stereocenters. The van der Waals surface area contributed by atoms with Gasteiger partial charge in [-0.3, -0.25) is 14.7 Å². The molecule has 0 spiro atoms. The lowest BCUT2D eigenvalue weighted by atomic mass is 9.97. The lowest BCUT2D eigenvalue weighted by Gasteiger charge is -2.17. The van der Waals surface area contributed by atoms with Crippen molar-refractivity contribution in [3.05, 3.63) is 35.7 Å². The van der Waals surface area contributed by atoms with Crippen molar-refractivity contribution in [3.63, 3.8) is 0 Å². The number of likely N-dealkylation sites (tertiary alicyclic amines) is 1. The largest absolute Gasteiger partial charge is 0.487 e.